The molecule has 0 aliphatic carbocycles. The topological polar surface area (TPSA) is 44.8 Å². The van der Waals surface area contributed by atoms with Gasteiger partial charge >= 0.3 is 0 Å². The van der Waals surface area contributed by atoms with Gasteiger partial charge in [0.25, 0.3) is 0 Å². The van der Waals surface area contributed by atoms with Gasteiger partial charge in [0.05, 0.1) is 6.04 Å². The van der Waals surface area contributed by atoms with E-state index in [4.69, 9.17) is 0 Å². The fourth-order valence-electron chi connectivity index (χ4n) is 3.03. The normalized spacial score (nSPS) is 19.6. The lowest BCUT2D eigenvalue weighted by atomic mass is 10.1. The van der Waals surface area contributed by atoms with E-state index in [1.165, 1.54) is 31.4 Å². The van der Waals surface area contributed by atoms with E-state index in [9.17, 15) is 0 Å². The maximum atomic E-state index is 4.50. The molecule has 0 amide bonds. The first-order valence-corrected chi connectivity index (χ1v) is 7.50. The van der Waals surface area contributed by atoms with Crippen LogP contribution in [0.5, 0.6) is 0 Å². The van der Waals surface area contributed by atoms with Gasteiger partial charge in [0.1, 0.15) is 5.82 Å². The minimum atomic E-state index is 0.413. The third kappa shape index (κ3) is 3.07. The number of nitrogens with zero attached hydrogens (tertiary/aromatic N) is 3. The minimum Gasteiger partial charge on any atom is -0.293 e. The lowest BCUT2D eigenvalue weighted by molar-refractivity contribution is 0.246. The van der Waals surface area contributed by atoms with Crippen molar-refractivity contribution in [1.29, 1.82) is 0 Å². The van der Waals surface area contributed by atoms with Crippen LogP contribution in [0.15, 0.2) is 30.3 Å². The van der Waals surface area contributed by atoms with Crippen molar-refractivity contribution in [1.82, 2.24) is 20.1 Å². The maximum Gasteiger partial charge on any atom is 0.167 e. The third-order valence-corrected chi connectivity index (χ3v) is 4.03. The molecule has 1 N–H and O–H groups in total. The van der Waals surface area contributed by atoms with E-state index in [1.54, 1.807) is 0 Å². The van der Waals surface area contributed by atoms with Gasteiger partial charge in [-0.05, 0) is 51.3 Å². The first-order chi connectivity index (χ1) is 9.83. The molecule has 0 unspecified atom stereocenters. The second-order valence-electron chi connectivity index (χ2n) is 5.56. The van der Waals surface area contributed by atoms with Gasteiger partial charge in [-0.2, -0.15) is 5.10 Å². The number of benzene rings is 1. The second-order valence-corrected chi connectivity index (χ2v) is 5.56. The van der Waals surface area contributed by atoms with Crippen molar-refractivity contribution in [3.8, 4) is 0 Å². The molecule has 1 atom stereocenters. The molecule has 4 nitrogen and oxygen atoms in total. The molecule has 1 aromatic heterocycles. The van der Waals surface area contributed by atoms with Crippen molar-refractivity contribution in [3.05, 3.63) is 47.5 Å². The van der Waals surface area contributed by atoms with Gasteiger partial charge in [0.2, 0.25) is 0 Å². The predicted octanol–water partition coefficient (Wildman–Crippen LogP) is 2.88. The van der Waals surface area contributed by atoms with Crippen molar-refractivity contribution in [2.24, 2.45) is 0 Å². The highest BCUT2D eigenvalue weighted by Crippen LogP contribution is 2.29. The molecule has 20 heavy (non-hydrogen) atoms. The van der Waals surface area contributed by atoms with Gasteiger partial charge < -0.3 is 0 Å². The van der Waals surface area contributed by atoms with Crippen molar-refractivity contribution in [2.75, 3.05) is 13.1 Å². The minimum absolute atomic E-state index is 0.413. The van der Waals surface area contributed by atoms with Crippen LogP contribution in [-0.4, -0.2) is 33.2 Å². The summed E-state index contributed by atoms with van der Waals surface area (Å²) in [6, 6.07) is 11.1. The molecule has 1 fully saturated rings. The Labute approximate surface area is 120 Å². The molecule has 1 saturated heterocycles. The molecular formula is C16H22N4. The number of aromatic amines is 1. The summed E-state index contributed by atoms with van der Waals surface area (Å²) >= 11 is 0. The average Bonchev–Trinajstić information content (AvgIpc) is 3.09. The zero-order valence-corrected chi connectivity index (χ0v) is 12.0. The Morgan fingerprint density at radius 1 is 1.30 bits per heavy atom. The summed E-state index contributed by atoms with van der Waals surface area (Å²) in [5, 5.41) is 7.30. The fourth-order valence-corrected chi connectivity index (χ4v) is 3.03. The Morgan fingerprint density at radius 3 is 2.90 bits per heavy atom. The first kappa shape index (κ1) is 13.3. The number of hydrogen-bond acceptors (Lipinski definition) is 3. The molecule has 1 aromatic carbocycles. The van der Waals surface area contributed by atoms with E-state index in [0.717, 1.165) is 24.6 Å². The summed E-state index contributed by atoms with van der Waals surface area (Å²) in [6.07, 6.45) is 4.78. The number of aromatic nitrogens is 3. The molecule has 2 aromatic rings. The second kappa shape index (κ2) is 6.18. The van der Waals surface area contributed by atoms with Crippen LogP contribution in [0.3, 0.4) is 0 Å². The molecule has 3 rings (SSSR count). The van der Waals surface area contributed by atoms with E-state index >= 15 is 0 Å². The lowest BCUT2D eigenvalue weighted by Crippen LogP contribution is -2.25. The Bertz CT molecular complexity index is 534. The lowest BCUT2D eigenvalue weighted by Gasteiger charge is -2.21. The first-order valence-electron chi connectivity index (χ1n) is 7.50. The van der Waals surface area contributed by atoms with Crippen LogP contribution in [0.25, 0.3) is 0 Å². The van der Waals surface area contributed by atoms with Gasteiger partial charge in [0, 0.05) is 0 Å². The van der Waals surface area contributed by atoms with Crippen LogP contribution < -0.4 is 0 Å². The third-order valence-electron chi connectivity index (χ3n) is 4.03. The summed E-state index contributed by atoms with van der Waals surface area (Å²) in [5.74, 6) is 1.89. The molecule has 106 valence electrons. The zero-order chi connectivity index (χ0) is 13.8. The Hall–Kier alpha value is -1.68. The summed E-state index contributed by atoms with van der Waals surface area (Å²) in [6.45, 7) is 4.27. The number of H-pyrrole nitrogens is 1. The average molecular weight is 270 g/mol. The van der Waals surface area contributed by atoms with Gasteiger partial charge in [-0.3, -0.25) is 10.00 Å². The highest BCUT2D eigenvalue weighted by molar-refractivity contribution is 5.14. The van der Waals surface area contributed by atoms with Gasteiger partial charge in [0.15, 0.2) is 5.82 Å². The fraction of sp³-hybridized carbons (Fsp3) is 0.500. The number of nitrogens with one attached hydrogen (secondary N) is 1. The molecule has 0 saturated carbocycles. The summed E-state index contributed by atoms with van der Waals surface area (Å²) in [5.41, 5.74) is 1.43. The van der Waals surface area contributed by atoms with Crippen LogP contribution in [-0.2, 0) is 6.42 Å². The predicted molar refractivity (Wildman–Crippen MR) is 79.4 cm³/mol. The zero-order valence-electron chi connectivity index (χ0n) is 12.0. The summed E-state index contributed by atoms with van der Waals surface area (Å²) in [4.78, 5) is 7.03. The van der Waals surface area contributed by atoms with Crippen LogP contribution in [0, 0.1) is 6.92 Å². The molecular weight excluding hydrogens is 248 g/mol. The Morgan fingerprint density at radius 2 is 2.15 bits per heavy atom. The number of aryl methyl sites for hydroxylation is 2. The molecule has 0 bridgehead atoms. The standard InChI is InChI=1S/C16H22N4/c1-13-17-16(19-18-13)15-10-6-12-20(15)11-5-9-14-7-3-2-4-8-14/h2-4,7-8,15H,5-6,9-12H2,1H3,(H,17,18,19)/t15-/m1/s1. The van der Waals surface area contributed by atoms with E-state index in [0.29, 0.717) is 6.04 Å². The number of rotatable bonds is 5. The van der Waals surface area contributed by atoms with Crippen molar-refractivity contribution < 1.29 is 0 Å². The van der Waals surface area contributed by atoms with Gasteiger partial charge in [-0.15, -0.1) is 0 Å². The smallest absolute Gasteiger partial charge is 0.167 e. The van der Waals surface area contributed by atoms with Crippen LogP contribution in [0.4, 0.5) is 0 Å². The molecule has 1 aliphatic rings. The Balaban J connectivity index is 1.54. The van der Waals surface area contributed by atoms with E-state index in [-0.39, 0.29) is 0 Å². The molecule has 0 radical (unpaired) electrons. The maximum absolute atomic E-state index is 4.50. The largest absolute Gasteiger partial charge is 0.293 e. The van der Waals surface area contributed by atoms with Crippen molar-refractivity contribution in [2.45, 2.75) is 38.6 Å². The number of hydrogen-bond donors (Lipinski definition) is 1. The number of likely N-dealkylation sites (tertiary alicyclic amines) is 1. The molecule has 0 spiro atoms. The van der Waals surface area contributed by atoms with Crippen LogP contribution in [0.2, 0.25) is 0 Å². The van der Waals surface area contributed by atoms with Gasteiger partial charge in [-0.25, -0.2) is 4.98 Å². The van der Waals surface area contributed by atoms with Crippen molar-refractivity contribution >= 4 is 0 Å². The molecule has 2 heterocycles. The van der Waals surface area contributed by atoms with Crippen LogP contribution in [0.1, 0.15) is 42.5 Å². The van der Waals surface area contributed by atoms with Crippen molar-refractivity contribution in [3.63, 3.8) is 0 Å². The van der Waals surface area contributed by atoms with Crippen LogP contribution >= 0.6 is 0 Å². The Kier molecular flexibility index (Phi) is 4.11. The SMILES string of the molecule is Cc1nc([C@H]2CCCN2CCCc2ccccc2)n[nH]1. The van der Waals surface area contributed by atoms with Gasteiger partial charge in [-0.1, -0.05) is 30.3 Å². The monoisotopic (exact) mass is 270 g/mol. The highest BCUT2D eigenvalue weighted by Gasteiger charge is 2.28. The molecule has 1 aliphatic heterocycles. The summed E-state index contributed by atoms with van der Waals surface area (Å²) in [7, 11) is 0. The van der Waals surface area contributed by atoms with E-state index in [2.05, 4.69) is 50.4 Å². The molecule has 4 heteroatoms. The summed E-state index contributed by atoms with van der Waals surface area (Å²) < 4.78 is 0. The van der Waals surface area contributed by atoms with E-state index < -0.39 is 0 Å². The van der Waals surface area contributed by atoms with E-state index in [1.807, 2.05) is 6.92 Å². The quantitative estimate of drug-likeness (QED) is 0.908. The highest BCUT2D eigenvalue weighted by atomic mass is 15.3.